The fraction of sp³-hybridized carbons (Fsp3) is 0.703. The molecule has 0 amide bonds. The maximum Gasteiger partial charge on any atom is 0.347 e. The summed E-state index contributed by atoms with van der Waals surface area (Å²) in [4.78, 5) is 92.8. The first kappa shape index (κ1) is 41.1. The van der Waals surface area contributed by atoms with E-state index in [1.54, 1.807) is 0 Å². The van der Waals surface area contributed by atoms with E-state index in [0.717, 1.165) is 48.7 Å². The van der Waals surface area contributed by atoms with Crippen molar-refractivity contribution >= 4 is 41.8 Å². The van der Waals surface area contributed by atoms with Gasteiger partial charge in [-0.15, -0.1) is 0 Å². The standard InChI is InChI=1S/C37H46O19/c1-15(38)51-23(28(44)49-9)24-31(6)14-34(45)33(24,8)37(48)27(53-17(3)40)26(52-16(2)39)32(7)21(12-22(43)56-25(32)20-10-11-50-13-20)35(37,46)30(55-19(5)42)36(34,47)29(31)54-18(4)41/h10-11,13,21,23-27,29-30,45-48H,12,14H2,1-9H3. The fourth-order valence-corrected chi connectivity index (χ4v) is 12.0. The van der Waals surface area contributed by atoms with E-state index in [0.29, 0.717) is 0 Å². The molecule has 1 aromatic rings. The molecule has 2 bridgehead atoms. The van der Waals surface area contributed by atoms with Crippen LogP contribution in [0.5, 0.6) is 0 Å². The Labute approximate surface area is 319 Å². The number of ether oxygens (including phenoxy) is 7. The molecule has 1 aliphatic heterocycles. The van der Waals surface area contributed by atoms with Gasteiger partial charge in [0.2, 0.25) is 6.10 Å². The lowest BCUT2D eigenvalue weighted by atomic mass is 9.32. The molecule has 0 aromatic carbocycles. The molecule has 56 heavy (non-hydrogen) atoms. The second-order valence-corrected chi connectivity index (χ2v) is 16.3. The van der Waals surface area contributed by atoms with Crippen LogP contribution in [0.2, 0.25) is 0 Å². The highest BCUT2D eigenvalue weighted by molar-refractivity contribution is 5.80. The Morgan fingerprint density at radius 3 is 1.84 bits per heavy atom. The number of rotatable bonds is 8. The van der Waals surface area contributed by atoms with Crippen LogP contribution in [0.4, 0.5) is 0 Å². The first-order valence-electron chi connectivity index (χ1n) is 17.8. The lowest BCUT2D eigenvalue weighted by Gasteiger charge is -2.78. The van der Waals surface area contributed by atoms with Gasteiger partial charge in [-0.2, -0.15) is 0 Å². The van der Waals surface area contributed by atoms with Crippen molar-refractivity contribution in [3.05, 3.63) is 24.2 Å². The van der Waals surface area contributed by atoms with E-state index in [1.165, 1.54) is 32.4 Å². The van der Waals surface area contributed by atoms with E-state index in [2.05, 4.69) is 0 Å². The molecule has 5 aliphatic rings. The summed E-state index contributed by atoms with van der Waals surface area (Å²) in [7, 11) is 0.946. The maximum absolute atomic E-state index is 14.1. The average molecular weight is 795 g/mol. The molecule has 0 radical (unpaired) electrons. The lowest BCUT2D eigenvalue weighted by molar-refractivity contribution is -0.465. The van der Waals surface area contributed by atoms with E-state index in [9.17, 15) is 54.0 Å². The van der Waals surface area contributed by atoms with Crippen LogP contribution >= 0.6 is 0 Å². The first-order valence-corrected chi connectivity index (χ1v) is 17.8. The zero-order chi connectivity index (χ0) is 41.9. The number of carbonyl (C=O) groups excluding carboxylic acids is 7. The molecule has 6 rings (SSSR count). The third-order valence-electron chi connectivity index (χ3n) is 13.5. The van der Waals surface area contributed by atoms with Gasteiger partial charge >= 0.3 is 41.8 Å². The number of carbonyl (C=O) groups is 7. The van der Waals surface area contributed by atoms with Gasteiger partial charge in [0.05, 0.1) is 31.5 Å². The van der Waals surface area contributed by atoms with Crippen molar-refractivity contribution in [3.8, 4) is 0 Å². The number of hydrogen-bond acceptors (Lipinski definition) is 19. The molecule has 1 aromatic heterocycles. The van der Waals surface area contributed by atoms with Crippen LogP contribution in [0.25, 0.3) is 0 Å². The minimum Gasteiger partial charge on any atom is -0.472 e. The van der Waals surface area contributed by atoms with E-state index >= 15 is 0 Å². The Morgan fingerprint density at radius 2 is 1.34 bits per heavy atom. The van der Waals surface area contributed by atoms with Crippen molar-refractivity contribution in [2.75, 3.05) is 7.11 Å². The number of fused-ring (bicyclic) bond motifs is 5. The zero-order valence-corrected chi connectivity index (χ0v) is 32.2. The third-order valence-corrected chi connectivity index (χ3v) is 13.5. The van der Waals surface area contributed by atoms with Crippen LogP contribution in [-0.4, -0.2) is 122 Å². The summed E-state index contributed by atoms with van der Waals surface area (Å²) in [6, 6.07) is 1.39. The average Bonchev–Trinajstić information content (AvgIpc) is 3.73. The first-order chi connectivity index (χ1) is 25.8. The monoisotopic (exact) mass is 794 g/mol. The highest BCUT2D eigenvalue weighted by Crippen LogP contribution is 2.84. The third kappa shape index (κ3) is 4.73. The predicted octanol–water partition coefficient (Wildman–Crippen LogP) is -0.281. The van der Waals surface area contributed by atoms with Gasteiger partial charge in [0.1, 0.15) is 29.0 Å². The van der Waals surface area contributed by atoms with Crippen molar-refractivity contribution in [1.82, 2.24) is 0 Å². The second-order valence-electron chi connectivity index (χ2n) is 16.3. The molecule has 0 spiro atoms. The molecule has 19 nitrogen and oxygen atoms in total. The van der Waals surface area contributed by atoms with Crippen LogP contribution in [0.15, 0.2) is 23.0 Å². The SMILES string of the molecule is COC(=O)C(OC(C)=O)C1C2(C)CC3(O)C(O)(C2OC(C)=O)C(OC(C)=O)C2(O)C4CC(=O)OC(c5ccoc5)C4(C)C(OC(C)=O)C(OC(C)=O)C2(O)C13C. The van der Waals surface area contributed by atoms with Gasteiger partial charge in [0.25, 0.3) is 0 Å². The van der Waals surface area contributed by atoms with Crippen LogP contribution in [0, 0.1) is 28.1 Å². The van der Waals surface area contributed by atoms with Crippen molar-refractivity contribution < 1.29 is 91.6 Å². The van der Waals surface area contributed by atoms with E-state index in [-0.39, 0.29) is 5.56 Å². The summed E-state index contributed by atoms with van der Waals surface area (Å²) in [5, 5.41) is 54.8. The van der Waals surface area contributed by atoms with Crippen molar-refractivity contribution in [1.29, 1.82) is 0 Å². The molecule has 15 unspecified atom stereocenters. The Balaban J connectivity index is 1.84. The molecule has 1 saturated heterocycles. The largest absolute Gasteiger partial charge is 0.472 e. The summed E-state index contributed by atoms with van der Waals surface area (Å²) in [6.07, 6.45) is -11.8. The topological polar surface area (TPSA) is 278 Å². The Hall–Kier alpha value is -4.59. The minimum absolute atomic E-state index is 0.132. The summed E-state index contributed by atoms with van der Waals surface area (Å²) in [6.45, 7) is 8.50. The minimum atomic E-state index is -3.40. The van der Waals surface area contributed by atoms with Crippen LogP contribution in [0.1, 0.15) is 79.9 Å². The van der Waals surface area contributed by atoms with Crippen molar-refractivity contribution in [2.45, 2.75) is 127 Å². The summed E-state index contributed by atoms with van der Waals surface area (Å²) >= 11 is 0. The number of aliphatic hydroxyl groups is 4. The van der Waals surface area contributed by atoms with Gasteiger partial charge in [-0.3, -0.25) is 28.8 Å². The molecule has 4 saturated carbocycles. The quantitative estimate of drug-likeness (QED) is 0.194. The van der Waals surface area contributed by atoms with Gasteiger partial charge in [-0.05, 0) is 12.5 Å². The number of cyclic esters (lactones) is 1. The van der Waals surface area contributed by atoms with Crippen LogP contribution < -0.4 is 0 Å². The van der Waals surface area contributed by atoms with Crippen molar-refractivity contribution in [3.63, 3.8) is 0 Å². The highest BCUT2D eigenvalue weighted by atomic mass is 16.6. The number of esters is 7. The number of furan rings is 1. The fourth-order valence-electron chi connectivity index (χ4n) is 12.0. The molecule has 4 N–H and O–H groups in total. The molecule has 4 aliphatic carbocycles. The molecular formula is C37H46O19. The normalized spacial score (nSPS) is 44.9. The van der Waals surface area contributed by atoms with E-state index < -0.39 is 142 Å². The number of hydrogen-bond donors (Lipinski definition) is 4. The van der Waals surface area contributed by atoms with Gasteiger partial charge in [-0.25, -0.2) is 4.79 Å². The van der Waals surface area contributed by atoms with Gasteiger partial charge in [-0.1, -0.05) is 20.8 Å². The molecule has 308 valence electrons. The number of methoxy groups -OCH3 is 1. The Morgan fingerprint density at radius 1 is 0.786 bits per heavy atom. The Bertz CT molecular complexity index is 1880. The predicted molar refractivity (Wildman–Crippen MR) is 178 cm³/mol. The lowest BCUT2D eigenvalue weighted by Crippen LogP contribution is -2.98. The van der Waals surface area contributed by atoms with Crippen LogP contribution in [-0.2, 0) is 66.7 Å². The highest BCUT2D eigenvalue weighted by Gasteiger charge is 3.01. The smallest absolute Gasteiger partial charge is 0.347 e. The maximum atomic E-state index is 14.1. The molecule has 5 fully saturated rings. The van der Waals surface area contributed by atoms with E-state index in [4.69, 9.17) is 37.6 Å². The summed E-state index contributed by atoms with van der Waals surface area (Å²) in [5.41, 5.74) is -19.5. The van der Waals surface area contributed by atoms with Gasteiger partial charge in [0, 0.05) is 62.8 Å². The summed E-state index contributed by atoms with van der Waals surface area (Å²) in [5.74, 6) is -11.5. The van der Waals surface area contributed by atoms with Gasteiger partial charge < -0.3 is 58.0 Å². The molecular weight excluding hydrogens is 748 g/mol. The zero-order valence-electron chi connectivity index (χ0n) is 32.2. The molecule has 2 heterocycles. The van der Waals surface area contributed by atoms with E-state index in [1.807, 2.05) is 0 Å². The van der Waals surface area contributed by atoms with Crippen LogP contribution in [0.3, 0.4) is 0 Å². The van der Waals surface area contributed by atoms with Crippen molar-refractivity contribution in [2.24, 2.45) is 28.1 Å². The Kier molecular flexibility index (Phi) is 9.32. The van der Waals surface area contributed by atoms with Gasteiger partial charge in [0.15, 0.2) is 23.9 Å². The summed E-state index contributed by atoms with van der Waals surface area (Å²) < 4.78 is 45.1. The molecule has 15 atom stereocenters. The second kappa shape index (κ2) is 12.7. The molecule has 19 heteroatoms.